The molecule has 0 aromatic heterocycles. The first kappa shape index (κ1) is 24.7. The van der Waals surface area contributed by atoms with Gasteiger partial charge in [0.2, 0.25) is 10.0 Å². The molecule has 2 rings (SSSR count). The number of guanidine groups is 1. The lowest BCUT2D eigenvalue weighted by molar-refractivity contribution is 0.414. The maximum absolute atomic E-state index is 12.2. The lowest BCUT2D eigenvalue weighted by Gasteiger charge is -2.15. The first-order valence-electron chi connectivity index (χ1n) is 10.5. The van der Waals surface area contributed by atoms with Crippen LogP contribution in [0, 0.1) is 0 Å². The average Bonchev–Trinajstić information content (AvgIpc) is 2.77. The van der Waals surface area contributed by atoms with Gasteiger partial charge in [-0.3, -0.25) is 0 Å². The lowest BCUT2D eigenvalue weighted by atomic mass is 9.98. The standard InChI is InChI=1S/C23H34N4O3S/c1-6-24-23(25-16-15-18(2)20-9-11-21(30-5)12-10-20)26-17-19-7-13-22(14-8-19)31(28,29)27(3)4/h7-14,18H,6,15-17H2,1-5H3,(H2,24,25,26). The highest BCUT2D eigenvalue weighted by molar-refractivity contribution is 7.89. The molecule has 0 aliphatic carbocycles. The minimum Gasteiger partial charge on any atom is -0.497 e. The van der Waals surface area contributed by atoms with E-state index in [1.165, 1.54) is 24.0 Å². The van der Waals surface area contributed by atoms with Gasteiger partial charge in [-0.15, -0.1) is 0 Å². The zero-order chi connectivity index (χ0) is 22.9. The number of rotatable bonds is 10. The maximum atomic E-state index is 12.2. The summed E-state index contributed by atoms with van der Waals surface area (Å²) >= 11 is 0. The van der Waals surface area contributed by atoms with Crippen molar-refractivity contribution in [2.24, 2.45) is 4.99 Å². The Morgan fingerprint density at radius 1 is 1.06 bits per heavy atom. The Kier molecular flexibility index (Phi) is 9.33. The number of hydrogen-bond donors (Lipinski definition) is 2. The molecular weight excluding hydrogens is 412 g/mol. The van der Waals surface area contributed by atoms with Crippen LogP contribution in [0.5, 0.6) is 5.75 Å². The zero-order valence-corrected chi connectivity index (χ0v) is 19.9. The molecule has 0 saturated carbocycles. The van der Waals surface area contributed by atoms with Gasteiger partial charge in [-0.1, -0.05) is 31.2 Å². The molecule has 0 amide bonds. The first-order chi connectivity index (χ1) is 14.8. The third kappa shape index (κ3) is 7.25. The molecule has 2 aromatic rings. The van der Waals surface area contributed by atoms with Crippen LogP contribution in [0.3, 0.4) is 0 Å². The van der Waals surface area contributed by atoms with Gasteiger partial charge in [0.15, 0.2) is 5.96 Å². The SMILES string of the molecule is CCNC(=NCc1ccc(S(=O)(=O)N(C)C)cc1)NCCC(C)c1ccc(OC)cc1. The molecule has 31 heavy (non-hydrogen) atoms. The Morgan fingerprint density at radius 3 is 2.26 bits per heavy atom. The van der Waals surface area contributed by atoms with E-state index < -0.39 is 10.0 Å². The predicted molar refractivity (Wildman–Crippen MR) is 126 cm³/mol. The number of nitrogens with one attached hydrogen (secondary N) is 2. The van der Waals surface area contributed by atoms with Crippen LogP contribution in [0.2, 0.25) is 0 Å². The number of methoxy groups -OCH3 is 1. The summed E-state index contributed by atoms with van der Waals surface area (Å²) in [4.78, 5) is 4.90. The van der Waals surface area contributed by atoms with Crippen molar-refractivity contribution in [3.05, 3.63) is 59.7 Å². The summed E-state index contributed by atoms with van der Waals surface area (Å²) in [6.45, 7) is 6.25. The topological polar surface area (TPSA) is 83.0 Å². The van der Waals surface area contributed by atoms with Crippen LogP contribution in [0.1, 0.15) is 37.3 Å². The van der Waals surface area contributed by atoms with Crippen molar-refractivity contribution in [3.63, 3.8) is 0 Å². The van der Waals surface area contributed by atoms with Crippen LogP contribution in [-0.4, -0.2) is 53.0 Å². The molecule has 8 heteroatoms. The Hall–Kier alpha value is -2.58. The summed E-state index contributed by atoms with van der Waals surface area (Å²) < 4.78 is 30.8. The van der Waals surface area contributed by atoms with Gasteiger partial charge in [-0.25, -0.2) is 17.7 Å². The fraction of sp³-hybridized carbons (Fsp3) is 0.435. The largest absolute Gasteiger partial charge is 0.497 e. The van der Waals surface area contributed by atoms with E-state index in [-0.39, 0.29) is 4.90 Å². The highest BCUT2D eigenvalue weighted by Crippen LogP contribution is 2.21. The van der Waals surface area contributed by atoms with Gasteiger partial charge in [0.05, 0.1) is 18.6 Å². The van der Waals surface area contributed by atoms with Crippen LogP contribution in [-0.2, 0) is 16.6 Å². The molecule has 0 heterocycles. The van der Waals surface area contributed by atoms with Crippen LogP contribution < -0.4 is 15.4 Å². The second-order valence-corrected chi connectivity index (χ2v) is 9.67. The lowest BCUT2D eigenvalue weighted by Crippen LogP contribution is -2.38. The monoisotopic (exact) mass is 446 g/mol. The van der Waals surface area contributed by atoms with Crippen molar-refractivity contribution in [2.45, 2.75) is 37.6 Å². The molecule has 0 aliphatic heterocycles. The molecular formula is C23H34N4O3S. The second-order valence-electron chi connectivity index (χ2n) is 7.52. The van der Waals surface area contributed by atoms with Crippen molar-refractivity contribution in [2.75, 3.05) is 34.3 Å². The number of aliphatic imine (C=N–C) groups is 1. The van der Waals surface area contributed by atoms with Crippen molar-refractivity contribution < 1.29 is 13.2 Å². The summed E-state index contributed by atoms with van der Waals surface area (Å²) in [7, 11) is 1.31. The molecule has 0 radical (unpaired) electrons. The number of ether oxygens (including phenoxy) is 1. The predicted octanol–water partition coefficient (Wildman–Crippen LogP) is 3.19. The van der Waals surface area contributed by atoms with E-state index in [1.54, 1.807) is 31.4 Å². The molecule has 0 bridgehead atoms. The average molecular weight is 447 g/mol. The number of benzene rings is 2. The molecule has 0 spiro atoms. The van der Waals surface area contributed by atoms with Gasteiger partial charge >= 0.3 is 0 Å². The zero-order valence-electron chi connectivity index (χ0n) is 19.1. The Bertz CT molecular complexity index is 940. The molecule has 1 atom stereocenters. The van der Waals surface area contributed by atoms with Gasteiger partial charge in [0.25, 0.3) is 0 Å². The van der Waals surface area contributed by atoms with Gasteiger partial charge in [-0.05, 0) is 54.7 Å². The van der Waals surface area contributed by atoms with Crippen LogP contribution in [0.15, 0.2) is 58.4 Å². The summed E-state index contributed by atoms with van der Waals surface area (Å²) in [6.07, 6.45) is 0.966. The fourth-order valence-electron chi connectivity index (χ4n) is 3.00. The molecule has 0 aliphatic rings. The van der Waals surface area contributed by atoms with Gasteiger partial charge < -0.3 is 15.4 Å². The summed E-state index contributed by atoms with van der Waals surface area (Å²) in [5.41, 5.74) is 2.22. The van der Waals surface area contributed by atoms with E-state index in [4.69, 9.17) is 4.74 Å². The maximum Gasteiger partial charge on any atom is 0.242 e. The van der Waals surface area contributed by atoms with Crippen molar-refractivity contribution in [1.29, 1.82) is 0 Å². The normalized spacial score (nSPS) is 13.2. The fourth-order valence-corrected chi connectivity index (χ4v) is 3.90. The van der Waals surface area contributed by atoms with E-state index in [1.807, 2.05) is 19.1 Å². The van der Waals surface area contributed by atoms with Gasteiger partial charge in [0, 0.05) is 27.2 Å². The molecule has 2 N–H and O–H groups in total. The third-order valence-electron chi connectivity index (χ3n) is 5.02. The van der Waals surface area contributed by atoms with Crippen LogP contribution in [0.4, 0.5) is 0 Å². The van der Waals surface area contributed by atoms with E-state index in [9.17, 15) is 8.42 Å². The van der Waals surface area contributed by atoms with Crippen molar-refractivity contribution >= 4 is 16.0 Å². The Balaban J connectivity index is 1.92. The Morgan fingerprint density at radius 2 is 1.71 bits per heavy atom. The van der Waals surface area contributed by atoms with E-state index in [2.05, 4.69) is 34.7 Å². The highest BCUT2D eigenvalue weighted by atomic mass is 32.2. The molecule has 2 aromatic carbocycles. The van der Waals surface area contributed by atoms with Gasteiger partial charge in [0.1, 0.15) is 5.75 Å². The van der Waals surface area contributed by atoms with Crippen LogP contribution >= 0.6 is 0 Å². The van der Waals surface area contributed by atoms with E-state index in [0.29, 0.717) is 12.5 Å². The summed E-state index contributed by atoms with van der Waals surface area (Å²) in [5.74, 6) is 2.02. The molecule has 7 nitrogen and oxygen atoms in total. The third-order valence-corrected chi connectivity index (χ3v) is 6.85. The molecule has 170 valence electrons. The molecule has 0 saturated heterocycles. The summed E-state index contributed by atoms with van der Waals surface area (Å²) in [5, 5.41) is 6.63. The molecule has 0 fully saturated rings. The number of nitrogens with zero attached hydrogens (tertiary/aromatic N) is 2. The first-order valence-corrected chi connectivity index (χ1v) is 11.9. The number of hydrogen-bond acceptors (Lipinski definition) is 4. The van der Waals surface area contributed by atoms with E-state index >= 15 is 0 Å². The molecule has 1 unspecified atom stereocenters. The Labute approximate surface area is 186 Å². The van der Waals surface area contributed by atoms with Gasteiger partial charge in [-0.2, -0.15) is 0 Å². The highest BCUT2D eigenvalue weighted by Gasteiger charge is 2.16. The summed E-state index contributed by atoms with van der Waals surface area (Å²) in [6, 6.07) is 15.0. The number of sulfonamides is 1. The minimum atomic E-state index is -3.41. The quantitative estimate of drug-likeness (QED) is 0.433. The minimum absolute atomic E-state index is 0.280. The van der Waals surface area contributed by atoms with Crippen molar-refractivity contribution in [1.82, 2.24) is 14.9 Å². The van der Waals surface area contributed by atoms with E-state index in [0.717, 1.165) is 36.8 Å². The second kappa shape index (κ2) is 11.7. The van der Waals surface area contributed by atoms with Crippen molar-refractivity contribution in [3.8, 4) is 5.75 Å². The van der Waals surface area contributed by atoms with Crippen LogP contribution in [0.25, 0.3) is 0 Å². The smallest absolute Gasteiger partial charge is 0.242 e.